The number of unbranched alkanes of at least 4 members (excludes halogenated alkanes) is 26. The molecule has 0 amide bonds. The molecule has 0 spiro atoms. The number of carbonyl (C=O) groups is 1. The quantitative estimate of drug-likeness (QED) is 0.0288. The van der Waals surface area contributed by atoms with Crippen LogP contribution in [0.25, 0.3) is 0 Å². The number of hydrogen-bond acceptors (Lipinski definition) is 5. The van der Waals surface area contributed by atoms with Gasteiger partial charge in [0, 0.05) is 13.0 Å². The maximum atomic E-state index is 12.4. The highest BCUT2D eigenvalue weighted by Gasteiger charge is 2.21. The van der Waals surface area contributed by atoms with E-state index in [1.165, 1.54) is 141 Å². The van der Waals surface area contributed by atoms with E-state index in [0.717, 1.165) is 44.9 Å². The van der Waals surface area contributed by atoms with E-state index in [1.807, 2.05) is 0 Å². The average Bonchev–Trinajstić information content (AvgIpc) is 3.04. The van der Waals surface area contributed by atoms with Crippen LogP contribution in [0, 0.1) is 0 Å². The van der Waals surface area contributed by atoms with Gasteiger partial charge in [0.15, 0.2) is 0 Å². The van der Waals surface area contributed by atoms with Crippen LogP contribution in [0.15, 0.2) is 12.2 Å². The van der Waals surface area contributed by atoms with Crippen LogP contribution in [0.2, 0.25) is 0 Å². The molecule has 0 aromatic carbocycles. The van der Waals surface area contributed by atoms with Gasteiger partial charge in [-0.1, -0.05) is 174 Å². The number of esters is 1. The number of phosphoric acid groups is 1. The van der Waals surface area contributed by atoms with E-state index < -0.39 is 13.9 Å². The second-order valence-electron chi connectivity index (χ2n) is 13.6. The monoisotopic (exact) mass is 689 g/mol. The Bertz CT molecular complexity index is 724. The topological polar surface area (TPSA) is 102 Å². The van der Waals surface area contributed by atoms with Crippen LogP contribution in [-0.2, 0) is 23.4 Å². The Morgan fingerprint density at radius 1 is 0.553 bits per heavy atom. The maximum Gasteiger partial charge on any atom is 0.469 e. The van der Waals surface area contributed by atoms with Crippen LogP contribution in [0.4, 0.5) is 0 Å². The van der Waals surface area contributed by atoms with E-state index in [0.29, 0.717) is 13.0 Å². The third-order valence-corrected chi connectivity index (χ3v) is 9.30. The minimum absolute atomic E-state index is 0.0802. The minimum Gasteiger partial charge on any atom is -0.457 e. The number of carbonyl (C=O) groups excluding carboxylic acids is 1. The van der Waals surface area contributed by atoms with E-state index in [1.54, 1.807) is 0 Å². The predicted molar refractivity (Wildman–Crippen MR) is 198 cm³/mol. The predicted octanol–water partition coefficient (Wildman–Crippen LogP) is 12.3. The minimum atomic E-state index is -4.65. The molecular weight excluding hydrogens is 611 g/mol. The number of rotatable bonds is 38. The van der Waals surface area contributed by atoms with Crippen molar-refractivity contribution in [2.24, 2.45) is 0 Å². The highest BCUT2D eigenvalue weighted by Crippen LogP contribution is 2.36. The first-order valence-electron chi connectivity index (χ1n) is 20.0. The van der Waals surface area contributed by atoms with E-state index in [2.05, 4.69) is 30.5 Å². The Hall–Kier alpha value is -0.720. The molecule has 0 unspecified atom stereocenters. The number of phosphoric ester groups is 1. The van der Waals surface area contributed by atoms with Crippen molar-refractivity contribution in [2.45, 2.75) is 213 Å². The molecule has 280 valence electrons. The summed E-state index contributed by atoms with van der Waals surface area (Å²) in [7, 11) is -4.65. The van der Waals surface area contributed by atoms with E-state index in [4.69, 9.17) is 19.3 Å². The second kappa shape index (κ2) is 36.6. The summed E-state index contributed by atoms with van der Waals surface area (Å²) in [5, 5.41) is 0. The molecule has 0 heterocycles. The van der Waals surface area contributed by atoms with Crippen LogP contribution < -0.4 is 0 Å². The molecule has 0 aromatic rings. The van der Waals surface area contributed by atoms with E-state index >= 15 is 0 Å². The second-order valence-corrected chi connectivity index (χ2v) is 14.9. The zero-order valence-electron chi connectivity index (χ0n) is 30.9. The molecule has 0 fully saturated rings. The molecule has 2 N–H and O–H groups in total. The lowest BCUT2D eigenvalue weighted by molar-refractivity contribution is -0.154. The van der Waals surface area contributed by atoms with Crippen molar-refractivity contribution in [1.82, 2.24) is 0 Å². The molecule has 0 saturated heterocycles. The van der Waals surface area contributed by atoms with Crippen molar-refractivity contribution >= 4 is 13.8 Å². The van der Waals surface area contributed by atoms with E-state index in [9.17, 15) is 9.36 Å². The van der Waals surface area contributed by atoms with Crippen LogP contribution >= 0.6 is 7.82 Å². The summed E-state index contributed by atoms with van der Waals surface area (Å²) in [5.41, 5.74) is 0. The number of ether oxygens (including phenoxy) is 2. The summed E-state index contributed by atoms with van der Waals surface area (Å²) in [6, 6.07) is 0. The summed E-state index contributed by atoms with van der Waals surface area (Å²) in [6.45, 7) is 4.76. The zero-order valence-corrected chi connectivity index (χ0v) is 31.8. The molecule has 7 nitrogen and oxygen atoms in total. The first-order chi connectivity index (χ1) is 22.9. The zero-order chi connectivity index (χ0) is 34.5. The van der Waals surface area contributed by atoms with Gasteiger partial charge in [-0.05, 0) is 38.5 Å². The van der Waals surface area contributed by atoms with Crippen molar-refractivity contribution in [1.29, 1.82) is 0 Å². The SMILES string of the molecule is CCCCCC/C=C\CCCCCCCC(=O)O[C@H](COCCCCCCCCCCCCCCCCCCCC)COP(=O)(O)O. The van der Waals surface area contributed by atoms with Crippen molar-refractivity contribution in [3.8, 4) is 0 Å². The highest BCUT2D eigenvalue weighted by molar-refractivity contribution is 7.46. The van der Waals surface area contributed by atoms with Crippen molar-refractivity contribution in [3.05, 3.63) is 12.2 Å². The number of allylic oxidation sites excluding steroid dienone is 2. The summed E-state index contributed by atoms with van der Waals surface area (Å²) in [5.74, 6) is -0.368. The van der Waals surface area contributed by atoms with Gasteiger partial charge in [0.2, 0.25) is 0 Å². The van der Waals surface area contributed by atoms with Crippen molar-refractivity contribution in [3.63, 3.8) is 0 Å². The highest BCUT2D eigenvalue weighted by atomic mass is 31.2. The van der Waals surface area contributed by atoms with Gasteiger partial charge in [0.1, 0.15) is 6.10 Å². The van der Waals surface area contributed by atoms with E-state index in [-0.39, 0.29) is 19.2 Å². The van der Waals surface area contributed by atoms with Gasteiger partial charge in [0.25, 0.3) is 0 Å². The van der Waals surface area contributed by atoms with Crippen molar-refractivity contribution < 1.29 is 33.1 Å². The fourth-order valence-corrected chi connectivity index (χ4v) is 6.21. The normalized spacial score (nSPS) is 12.7. The Morgan fingerprint density at radius 2 is 0.936 bits per heavy atom. The third kappa shape index (κ3) is 39.6. The van der Waals surface area contributed by atoms with Crippen molar-refractivity contribution in [2.75, 3.05) is 19.8 Å². The molecule has 0 bridgehead atoms. The summed E-state index contributed by atoms with van der Waals surface area (Å²) in [4.78, 5) is 30.5. The molecule has 0 aromatic heterocycles. The Balaban J connectivity index is 3.76. The largest absolute Gasteiger partial charge is 0.469 e. The number of hydrogen-bond donors (Lipinski definition) is 2. The van der Waals surface area contributed by atoms with Gasteiger partial charge in [-0.2, -0.15) is 0 Å². The molecule has 0 saturated carbocycles. The van der Waals surface area contributed by atoms with Gasteiger partial charge >= 0.3 is 13.8 Å². The van der Waals surface area contributed by atoms with Crippen LogP contribution in [0.1, 0.15) is 206 Å². The summed E-state index contributed by atoms with van der Waals surface area (Å²) in [6.07, 6.45) is 40.6. The molecule has 0 radical (unpaired) electrons. The lowest BCUT2D eigenvalue weighted by Gasteiger charge is -2.18. The van der Waals surface area contributed by atoms with Gasteiger partial charge in [0.05, 0.1) is 13.2 Å². The third-order valence-electron chi connectivity index (χ3n) is 8.82. The molecule has 0 aliphatic heterocycles. The lowest BCUT2D eigenvalue weighted by atomic mass is 10.0. The van der Waals surface area contributed by atoms with Gasteiger partial charge in [-0.25, -0.2) is 4.57 Å². The lowest BCUT2D eigenvalue weighted by Crippen LogP contribution is -2.28. The first kappa shape index (κ1) is 46.3. The molecular formula is C39H77O7P. The Kier molecular flexibility index (Phi) is 36.0. The van der Waals surface area contributed by atoms with Crippen LogP contribution in [0.3, 0.4) is 0 Å². The molecule has 1 atom stereocenters. The first-order valence-corrected chi connectivity index (χ1v) is 21.5. The Labute approximate surface area is 291 Å². The van der Waals surface area contributed by atoms with Gasteiger partial charge < -0.3 is 19.3 Å². The molecule has 8 heteroatoms. The molecule has 47 heavy (non-hydrogen) atoms. The van der Waals surface area contributed by atoms with Crippen LogP contribution in [0.5, 0.6) is 0 Å². The summed E-state index contributed by atoms with van der Waals surface area (Å²) >= 11 is 0. The smallest absolute Gasteiger partial charge is 0.457 e. The maximum absolute atomic E-state index is 12.4. The average molecular weight is 689 g/mol. The standard InChI is InChI=1S/C39H77O7P/c1-3-5-7-9-11-13-15-17-18-19-20-21-23-25-27-29-31-33-35-44-36-38(37-45-47(41,42)43)46-39(40)34-32-30-28-26-24-22-16-14-12-10-8-6-4-2/h14,16,38H,3-13,15,17-37H2,1-2H3,(H2,41,42,43)/b16-14-/t38-/m1/s1. The molecule has 0 aliphatic rings. The Morgan fingerprint density at radius 3 is 1.38 bits per heavy atom. The molecule has 0 rings (SSSR count). The van der Waals surface area contributed by atoms with Gasteiger partial charge in [-0.15, -0.1) is 0 Å². The fourth-order valence-electron chi connectivity index (χ4n) is 5.85. The molecule has 0 aliphatic carbocycles. The summed E-state index contributed by atoms with van der Waals surface area (Å²) < 4.78 is 26.9. The fraction of sp³-hybridized carbons (Fsp3) is 0.923. The van der Waals surface area contributed by atoms with Crippen LogP contribution in [-0.4, -0.2) is 41.7 Å². The van der Waals surface area contributed by atoms with Gasteiger partial charge in [-0.3, -0.25) is 9.32 Å².